The van der Waals surface area contributed by atoms with Crippen LogP contribution in [0.15, 0.2) is 59.4 Å². The Balaban J connectivity index is 1.61. The highest BCUT2D eigenvalue weighted by Crippen LogP contribution is 2.31. The van der Waals surface area contributed by atoms with E-state index in [1.165, 1.54) is 6.07 Å². The van der Waals surface area contributed by atoms with Gasteiger partial charge in [-0.25, -0.2) is 9.37 Å². The van der Waals surface area contributed by atoms with E-state index in [1.54, 1.807) is 30.0 Å². The van der Waals surface area contributed by atoms with E-state index in [9.17, 15) is 14.0 Å². The van der Waals surface area contributed by atoms with E-state index in [4.69, 9.17) is 0 Å². The lowest BCUT2D eigenvalue weighted by Crippen LogP contribution is -2.28. The molecule has 1 atom stereocenters. The van der Waals surface area contributed by atoms with E-state index in [0.29, 0.717) is 29.2 Å². The number of H-pyrrole nitrogens is 1. The van der Waals surface area contributed by atoms with Crippen LogP contribution in [0.4, 0.5) is 4.39 Å². The summed E-state index contributed by atoms with van der Waals surface area (Å²) in [6.45, 7) is 2.25. The van der Waals surface area contributed by atoms with E-state index < -0.39 is 5.92 Å². The SMILES string of the molecule is Cc1nc2c(c(=O)[nH]1)CN(C(=O)CC(c1ccccc1)c1ccccc1F)C2. The number of hydrogen-bond acceptors (Lipinski definition) is 3. The van der Waals surface area contributed by atoms with Crippen LogP contribution in [-0.4, -0.2) is 20.8 Å². The Morgan fingerprint density at radius 1 is 1.14 bits per heavy atom. The topological polar surface area (TPSA) is 66.1 Å². The highest BCUT2D eigenvalue weighted by Gasteiger charge is 2.30. The maximum atomic E-state index is 14.5. The third-order valence-electron chi connectivity index (χ3n) is 5.12. The van der Waals surface area contributed by atoms with Gasteiger partial charge < -0.3 is 9.88 Å². The number of aromatic nitrogens is 2. The molecule has 5 nitrogen and oxygen atoms in total. The summed E-state index contributed by atoms with van der Waals surface area (Å²) < 4.78 is 14.5. The third kappa shape index (κ3) is 3.45. The molecule has 0 spiro atoms. The first-order valence-corrected chi connectivity index (χ1v) is 9.18. The van der Waals surface area contributed by atoms with Crippen LogP contribution < -0.4 is 5.56 Å². The number of amides is 1. The molecule has 3 aromatic rings. The first-order valence-electron chi connectivity index (χ1n) is 9.18. The van der Waals surface area contributed by atoms with Crippen LogP contribution in [0.2, 0.25) is 0 Å². The molecule has 0 radical (unpaired) electrons. The van der Waals surface area contributed by atoms with E-state index in [2.05, 4.69) is 9.97 Å². The van der Waals surface area contributed by atoms with Gasteiger partial charge in [0.25, 0.3) is 5.56 Å². The first-order chi connectivity index (χ1) is 13.5. The van der Waals surface area contributed by atoms with Gasteiger partial charge in [-0.1, -0.05) is 48.5 Å². The number of aromatic amines is 1. The van der Waals surface area contributed by atoms with E-state index in [1.807, 2.05) is 30.3 Å². The predicted molar refractivity (Wildman–Crippen MR) is 103 cm³/mol. The molecule has 1 unspecified atom stereocenters. The number of halogens is 1. The van der Waals surface area contributed by atoms with Crippen molar-refractivity contribution in [1.29, 1.82) is 0 Å². The fraction of sp³-hybridized carbons (Fsp3) is 0.227. The largest absolute Gasteiger partial charge is 0.332 e. The molecule has 0 saturated carbocycles. The second kappa shape index (κ2) is 7.38. The van der Waals surface area contributed by atoms with Crippen LogP contribution >= 0.6 is 0 Å². The molecule has 142 valence electrons. The van der Waals surface area contributed by atoms with Gasteiger partial charge in [-0.2, -0.15) is 0 Å². The van der Waals surface area contributed by atoms with Crippen LogP contribution in [0.25, 0.3) is 0 Å². The van der Waals surface area contributed by atoms with Gasteiger partial charge in [0, 0.05) is 12.3 Å². The van der Waals surface area contributed by atoms with Crippen molar-refractivity contribution in [3.05, 3.63) is 99.0 Å². The molecule has 0 aliphatic carbocycles. The van der Waals surface area contributed by atoms with Gasteiger partial charge >= 0.3 is 0 Å². The summed E-state index contributed by atoms with van der Waals surface area (Å²) in [4.78, 5) is 33.8. The summed E-state index contributed by atoms with van der Waals surface area (Å²) >= 11 is 0. The van der Waals surface area contributed by atoms with Gasteiger partial charge in [-0.15, -0.1) is 0 Å². The molecule has 0 saturated heterocycles. The Labute approximate surface area is 161 Å². The Morgan fingerprint density at radius 3 is 2.61 bits per heavy atom. The highest BCUT2D eigenvalue weighted by atomic mass is 19.1. The molecule has 28 heavy (non-hydrogen) atoms. The lowest BCUT2D eigenvalue weighted by atomic mass is 9.88. The van der Waals surface area contributed by atoms with Crippen molar-refractivity contribution in [2.45, 2.75) is 32.4 Å². The number of aryl methyl sites for hydroxylation is 1. The van der Waals surface area contributed by atoms with Gasteiger partial charge in [0.2, 0.25) is 5.91 Å². The lowest BCUT2D eigenvalue weighted by Gasteiger charge is -2.22. The Bertz CT molecular complexity index is 1080. The number of benzene rings is 2. The van der Waals surface area contributed by atoms with Crippen molar-refractivity contribution in [3.63, 3.8) is 0 Å². The summed E-state index contributed by atoms with van der Waals surface area (Å²) in [6.07, 6.45) is 0.121. The van der Waals surface area contributed by atoms with E-state index in [-0.39, 0.29) is 30.2 Å². The quantitative estimate of drug-likeness (QED) is 0.759. The molecule has 1 aliphatic heterocycles. The minimum absolute atomic E-state index is 0.121. The Hall–Kier alpha value is -3.28. The molecular formula is C22H20FN3O2. The van der Waals surface area contributed by atoms with Crippen molar-refractivity contribution in [2.24, 2.45) is 0 Å². The summed E-state index contributed by atoms with van der Waals surface area (Å²) in [5, 5.41) is 0. The summed E-state index contributed by atoms with van der Waals surface area (Å²) in [5.74, 6) is -0.326. The number of carbonyl (C=O) groups excluding carboxylic acids is 1. The van der Waals surface area contributed by atoms with Crippen LogP contribution in [0.3, 0.4) is 0 Å². The Morgan fingerprint density at radius 2 is 1.86 bits per heavy atom. The lowest BCUT2D eigenvalue weighted by molar-refractivity contribution is -0.132. The molecule has 2 aromatic carbocycles. The van der Waals surface area contributed by atoms with Crippen LogP contribution in [0.1, 0.15) is 40.5 Å². The number of fused-ring (bicyclic) bond motifs is 1. The number of carbonyl (C=O) groups is 1. The zero-order valence-corrected chi connectivity index (χ0v) is 15.5. The molecule has 1 aromatic heterocycles. The zero-order chi connectivity index (χ0) is 19.7. The molecule has 4 rings (SSSR count). The summed E-state index contributed by atoms with van der Waals surface area (Å²) in [6, 6.07) is 16.0. The number of nitrogens with zero attached hydrogens (tertiary/aromatic N) is 2. The van der Waals surface area contributed by atoms with Crippen LogP contribution in [0, 0.1) is 12.7 Å². The smallest absolute Gasteiger partial charge is 0.256 e. The fourth-order valence-corrected chi connectivity index (χ4v) is 3.72. The van der Waals surface area contributed by atoms with Crippen molar-refractivity contribution < 1.29 is 9.18 Å². The van der Waals surface area contributed by atoms with Crippen molar-refractivity contribution in [3.8, 4) is 0 Å². The average Bonchev–Trinajstić information content (AvgIpc) is 3.12. The fourth-order valence-electron chi connectivity index (χ4n) is 3.72. The van der Waals surface area contributed by atoms with E-state index in [0.717, 1.165) is 5.56 Å². The minimum atomic E-state index is -0.397. The van der Waals surface area contributed by atoms with Gasteiger partial charge in [-0.3, -0.25) is 9.59 Å². The maximum Gasteiger partial charge on any atom is 0.256 e. The molecule has 2 heterocycles. The first kappa shape index (κ1) is 18.1. The molecule has 0 fully saturated rings. The van der Waals surface area contributed by atoms with Gasteiger partial charge in [0.15, 0.2) is 0 Å². The van der Waals surface area contributed by atoms with Crippen molar-refractivity contribution >= 4 is 5.91 Å². The number of nitrogens with one attached hydrogen (secondary N) is 1. The average molecular weight is 377 g/mol. The van der Waals surface area contributed by atoms with Gasteiger partial charge in [0.05, 0.1) is 24.3 Å². The molecule has 1 aliphatic rings. The molecule has 1 N–H and O–H groups in total. The second-order valence-electron chi connectivity index (χ2n) is 7.02. The van der Waals surface area contributed by atoms with E-state index >= 15 is 0 Å². The highest BCUT2D eigenvalue weighted by molar-refractivity contribution is 5.78. The van der Waals surface area contributed by atoms with Gasteiger partial charge in [0.1, 0.15) is 11.6 Å². The zero-order valence-electron chi connectivity index (χ0n) is 15.5. The normalized spacial score (nSPS) is 14.0. The second-order valence-corrected chi connectivity index (χ2v) is 7.02. The molecule has 0 bridgehead atoms. The molecular weight excluding hydrogens is 357 g/mol. The van der Waals surface area contributed by atoms with Crippen LogP contribution in [-0.2, 0) is 17.9 Å². The standard InChI is InChI=1S/C22H20FN3O2/c1-14-24-20-13-26(12-18(20)22(28)25-14)21(27)11-17(15-7-3-2-4-8-15)16-9-5-6-10-19(16)23/h2-10,17H,11-13H2,1H3,(H,24,25,28). The molecule has 6 heteroatoms. The van der Waals surface area contributed by atoms with Crippen molar-refractivity contribution in [1.82, 2.24) is 14.9 Å². The van der Waals surface area contributed by atoms with Crippen molar-refractivity contribution in [2.75, 3.05) is 0 Å². The van der Waals surface area contributed by atoms with Gasteiger partial charge in [-0.05, 0) is 24.1 Å². The monoisotopic (exact) mass is 377 g/mol. The summed E-state index contributed by atoms with van der Waals surface area (Å²) in [5.41, 5.74) is 2.33. The Kier molecular flexibility index (Phi) is 4.77. The third-order valence-corrected chi connectivity index (χ3v) is 5.12. The number of hydrogen-bond donors (Lipinski definition) is 1. The summed E-state index contributed by atoms with van der Waals surface area (Å²) in [7, 11) is 0. The number of rotatable bonds is 4. The van der Waals surface area contributed by atoms with Crippen LogP contribution in [0.5, 0.6) is 0 Å². The predicted octanol–water partition coefficient (Wildman–Crippen LogP) is 3.28. The minimum Gasteiger partial charge on any atom is -0.332 e. The molecule has 1 amide bonds. The maximum absolute atomic E-state index is 14.5.